The summed E-state index contributed by atoms with van der Waals surface area (Å²) in [5.41, 5.74) is -0.522. The lowest BCUT2D eigenvalue weighted by Crippen LogP contribution is -2.33. The first-order chi connectivity index (χ1) is 15.3. The lowest BCUT2D eigenvalue weighted by Gasteiger charge is -2.16. The average molecular weight is 441 g/mol. The van der Waals surface area contributed by atoms with Crippen LogP contribution in [0.4, 0.5) is 5.95 Å². The molecule has 1 aliphatic rings. The van der Waals surface area contributed by atoms with E-state index >= 15 is 0 Å². The van der Waals surface area contributed by atoms with Gasteiger partial charge in [0.1, 0.15) is 12.3 Å². The Morgan fingerprint density at radius 3 is 2.62 bits per heavy atom. The standard InChI is InChI=1S/C21H23N5O6/c1-11(2)18(29)24-21-23-17-16(20(31)26(21)19(30)12-6-4-3-5-7-12)22-10-25(17)15-8-13(28)14(9-27)32-15/h3-7,10-11,13-15,27-28H,8-9H2,1-2H3,(H,23,24,29)/t13-,14+,15+/m0/s1. The molecule has 32 heavy (non-hydrogen) atoms. The second-order valence-electron chi connectivity index (χ2n) is 7.83. The maximum Gasteiger partial charge on any atom is 0.290 e. The highest BCUT2D eigenvalue weighted by Gasteiger charge is 2.36. The zero-order valence-electron chi connectivity index (χ0n) is 17.5. The number of hydrogen-bond donors (Lipinski definition) is 3. The molecule has 1 fully saturated rings. The molecule has 1 saturated heterocycles. The second kappa shape index (κ2) is 8.61. The molecule has 2 aromatic heterocycles. The minimum absolute atomic E-state index is 0.0851. The summed E-state index contributed by atoms with van der Waals surface area (Å²) in [5, 5.41) is 22.0. The van der Waals surface area contributed by atoms with Gasteiger partial charge >= 0.3 is 0 Å². The molecule has 168 valence electrons. The molecule has 0 bridgehead atoms. The van der Waals surface area contributed by atoms with Crippen LogP contribution in [-0.2, 0) is 9.53 Å². The van der Waals surface area contributed by atoms with E-state index in [1.165, 1.54) is 10.9 Å². The SMILES string of the molecule is CC(C)C(=O)Nc1nc2c(ncn2[C@H]2C[C@H](O)[C@@H](CO)O2)c(=O)n1C(=O)c1ccccc1. The third kappa shape index (κ3) is 3.81. The predicted octanol–water partition coefficient (Wildman–Crippen LogP) is 0.517. The molecular formula is C21H23N5O6. The van der Waals surface area contributed by atoms with Crippen molar-refractivity contribution in [3.05, 3.63) is 52.6 Å². The number of ether oxygens (including phenoxy) is 1. The Labute approximate surface area is 182 Å². The fraction of sp³-hybridized carbons (Fsp3) is 0.381. The largest absolute Gasteiger partial charge is 0.394 e. The smallest absolute Gasteiger partial charge is 0.290 e. The third-order valence-electron chi connectivity index (χ3n) is 5.27. The van der Waals surface area contributed by atoms with E-state index < -0.39 is 41.7 Å². The van der Waals surface area contributed by atoms with Gasteiger partial charge in [0.05, 0.1) is 19.0 Å². The number of amides is 1. The number of nitrogens with one attached hydrogen (secondary N) is 1. The van der Waals surface area contributed by atoms with Crippen LogP contribution in [0.5, 0.6) is 0 Å². The Bertz CT molecular complexity index is 1220. The van der Waals surface area contributed by atoms with E-state index in [-0.39, 0.29) is 35.7 Å². The number of hydrogen-bond acceptors (Lipinski definition) is 8. The normalized spacial score (nSPS) is 20.7. The van der Waals surface area contributed by atoms with Gasteiger partial charge in [-0.2, -0.15) is 4.98 Å². The van der Waals surface area contributed by atoms with Crippen LogP contribution in [-0.4, -0.2) is 59.9 Å². The summed E-state index contributed by atoms with van der Waals surface area (Å²) in [6.07, 6.45) is -0.937. The van der Waals surface area contributed by atoms with Gasteiger partial charge in [-0.25, -0.2) is 9.55 Å². The highest BCUT2D eigenvalue weighted by molar-refractivity contribution is 6.00. The highest BCUT2D eigenvalue weighted by Crippen LogP contribution is 2.30. The monoisotopic (exact) mass is 441 g/mol. The Morgan fingerprint density at radius 2 is 2.00 bits per heavy atom. The molecule has 1 aromatic carbocycles. The molecule has 0 saturated carbocycles. The van der Waals surface area contributed by atoms with Crippen LogP contribution in [0.25, 0.3) is 11.2 Å². The molecule has 11 nitrogen and oxygen atoms in total. The van der Waals surface area contributed by atoms with Gasteiger partial charge in [0.25, 0.3) is 11.5 Å². The Morgan fingerprint density at radius 1 is 1.28 bits per heavy atom. The molecule has 1 amide bonds. The molecule has 4 rings (SSSR count). The van der Waals surface area contributed by atoms with E-state index in [9.17, 15) is 24.6 Å². The number of carbonyl (C=O) groups excluding carboxylic acids is 2. The molecule has 3 heterocycles. The first kappa shape index (κ1) is 21.8. The molecule has 0 aliphatic carbocycles. The van der Waals surface area contributed by atoms with Gasteiger partial charge in [0.2, 0.25) is 11.9 Å². The summed E-state index contributed by atoms with van der Waals surface area (Å²) in [5.74, 6) is -1.75. The quantitative estimate of drug-likeness (QED) is 0.519. The number of aliphatic hydroxyl groups excluding tert-OH is 2. The van der Waals surface area contributed by atoms with E-state index in [0.29, 0.717) is 0 Å². The van der Waals surface area contributed by atoms with Gasteiger partial charge in [-0.1, -0.05) is 32.0 Å². The number of anilines is 1. The molecule has 1 aliphatic heterocycles. The van der Waals surface area contributed by atoms with Crippen LogP contribution >= 0.6 is 0 Å². The maximum absolute atomic E-state index is 13.3. The van der Waals surface area contributed by atoms with Crippen LogP contribution in [0.2, 0.25) is 0 Å². The van der Waals surface area contributed by atoms with Crippen LogP contribution in [0.15, 0.2) is 41.5 Å². The van der Waals surface area contributed by atoms with Crippen LogP contribution < -0.4 is 10.9 Å². The Hall–Kier alpha value is -3.41. The zero-order valence-corrected chi connectivity index (χ0v) is 17.5. The van der Waals surface area contributed by atoms with E-state index in [1.54, 1.807) is 44.2 Å². The van der Waals surface area contributed by atoms with Gasteiger partial charge in [-0.15, -0.1) is 0 Å². The number of rotatable bonds is 5. The van der Waals surface area contributed by atoms with Crippen molar-refractivity contribution in [1.29, 1.82) is 0 Å². The van der Waals surface area contributed by atoms with Crippen molar-refractivity contribution >= 4 is 28.9 Å². The fourth-order valence-corrected chi connectivity index (χ4v) is 3.47. The Balaban J connectivity index is 1.86. The number of imidazole rings is 1. The predicted molar refractivity (Wildman–Crippen MR) is 113 cm³/mol. The van der Waals surface area contributed by atoms with Crippen molar-refractivity contribution in [3.8, 4) is 0 Å². The number of carbonyl (C=O) groups is 2. The van der Waals surface area contributed by atoms with Crippen LogP contribution in [0, 0.1) is 5.92 Å². The minimum Gasteiger partial charge on any atom is -0.394 e. The molecule has 0 radical (unpaired) electrons. The van der Waals surface area contributed by atoms with E-state index in [2.05, 4.69) is 15.3 Å². The van der Waals surface area contributed by atoms with Crippen molar-refractivity contribution in [1.82, 2.24) is 19.1 Å². The molecule has 3 N–H and O–H groups in total. The van der Waals surface area contributed by atoms with E-state index in [1.807, 2.05) is 0 Å². The molecule has 0 spiro atoms. The number of benzene rings is 1. The minimum atomic E-state index is -0.900. The number of aliphatic hydroxyl groups is 2. The van der Waals surface area contributed by atoms with Crippen LogP contribution in [0.1, 0.15) is 36.9 Å². The lowest BCUT2D eigenvalue weighted by atomic mass is 10.2. The number of nitrogens with zero attached hydrogens (tertiary/aromatic N) is 4. The topological polar surface area (TPSA) is 149 Å². The first-order valence-electron chi connectivity index (χ1n) is 10.2. The van der Waals surface area contributed by atoms with Crippen molar-refractivity contribution in [2.75, 3.05) is 11.9 Å². The first-order valence-corrected chi connectivity index (χ1v) is 10.2. The zero-order chi connectivity index (χ0) is 23.0. The molecule has 3 atom stereocenters. The molecule has 3 aromatic rings. The van der Waals surface area contributed by atoms with Crippen LogP contribution in [0.3, 0.4) is 0 Å². The summed E-state index contributed by atoms with van der Waals surface area (Å²) in [4.78, 5) is 47.3. The van der Waals surface area contributed by atoms with Crippen molar-refractivity contribution in [2.45, 2.75) is 38.7 Å². The lowest BCUT2D eigenvalue weighted by molar-refractivity contribution is -0.118. The van der Waals surface area contributed by atoms with Gasteiger partial charge < -0.3 is 14.9 Å². The highest BCUT2D eigenvalue weighted by atomic mass is 16.5. The van der Waals surface area contributed by atoms with E-state index in [0.717, 1.165) is 4.57 Å². The summed E-state index contributed by atoms with van der Waals surface area (Å²) >= 11 is 0. The van der Waals surface area contributed by atoms with Crippen molar-refractivity contribution < 1.29 is 24.5 Å². The van der Waals surface area contributed by atoms with E-state index in [4.69, 9.17) is 4.74 Å². The van der Waals surface area contributed by atoms with Gasteiger partial charge in [-0.3, -0.25) is 24.3 Å². The van der Waals surface area contributed by atoms with Crippen molar-refractivity contribution in [2.24, 2.45) is 5.92 Å². The summed E-state index contributed by atoms with van der Waals surface area (Å²) in [6, 6.07) is 8.15. The maximum atomic E-state index is 13.3. The summed E-state index contributed by atoms with van der Waals surface area (Å²) in [6.45, 7) is 2.97. The molecular weight excluding hydrogens is 418 g/mol. The number of aromatic nitrogens is 4. The Kier molecular flexibility index (Phi) is 5.87. The number of fused-ring (bicyclic) bond motifs is 1. The van der Waals surface area contributed by atoms with Gasteiger partial charge in [0.15, 0.2) is 11.2 Å². The molecule has 0 unspecified atom stereocenters. The summed E-state index contributed by atoms with van der Waals surface area (Å²) < 4.78 is 7.87. The fourth-order valence-electron chi connectivity index (χ4n) is 3.47. The van der Waals surface area contributed by atoms with Crippen molar-refractivity contribution in [3.63, 3.8) is 0 Å². The van der Waals surface area contributed by atoms with Gasteiger partial charge in [-0.05, 0) is 12.1 Å². The third-order valence-corrected chi connectivity index (χ3v) is 5.27. The average Bonchev–Trinajstić information content (AvgIpc) is 3.37. The van der Waals surface area contributed by atoms with Gasteiger partial charge in [0, 0.05) is 17.9 Å². The summed E-state index contributed by atoms with van der Waals surface area (Å²) in [7, 11) is 0. The molecule has 11 heteroatoms. The second-order valence-corrected chi connectivity index (χ2v) is 7.83.